The number of thioether (sulfide) groups is 1. The lowest BCUT2D eigenvalue weighted by Gasteiger charge is -2.40. The Bertz CT molecular complexity index is 969. The summed E-state index contributed by atoms with van der Waals surface area (Å²) >= 11 is 1.59. The molecule has 3 fully saturated rings. The van der Waals surface area contributed by atoms with Crippen LogP contribution in [-0.2, 0) is 25.7 Å². The van der Waals surface area contributed by atoms with Crippen LogP contribution in [0.25, 0.3) is 0 Å². The lowest BCUT2D eigenvalue weighted by Crippen LogP contribution is -2.57. The zero-order chi connectivity index (χ0) is 24.5. The molecule has 182 valence electrons. The summed E-state index contributed by atoms with van der Waals surface area (Å²) in [6.45, 7) is 10.1. The van der Waals surface area contributed by atoms with Crippen LogP contribution in [0.5, 0.6) is 0 Å². The van der Waals surface area contributed by atoms with Crippen LogP contribution >= 0.6 is 11.8 Å². The van der Waals surface area contributed by atoms with E-state index in [4.69, 9.17) is 4.74 Å². The summed E-state index contributed by atoms with van der Waals surface area (Å²) < 4.78 is 4.64. The van der Waals surface area contributed by atoms with Crippen molar-refractivity contribution >= 4 is 29.5 Å². The number of carbonyl (C=O) groups excluding carboxylic acids is 3. The molecule has 2 amide bonds. The van der Waals surface area contributed by atoms with Gasteiger partial charge in [-0.3, -0.25) is 14.4 Å². The van der Waals surface area contributed by atoms with E-state index in [1.165, 1.54) is 11.0 Å². The quantitative estimate of drug-likeness (QED) is 0.405. The molecule has 7 nitrogen and oxygen atoms in total. The van der Waals surface area contributed by atoms with Gasteiger partial charge < -0.3 is 19.6 Å². The second-order valence-electron chi connectivity index (χ2n) is 9.22. The number of fused-ring (bicyclic) bond motifs is 1. The molecule has 4 rings (SSSR count). The predicted octanol–water partition coefficient (Wildman–Crippen LogP) is 2.26. The number of carbonyl (C=O) groups is 3. The Morgan fingerprint density at radius 2 is 2.03 bits per heavy atom. The molecule has 3 aliphatic heterocycles. The Labute approximate surface area is 204 Å². The van der Waals surface area contributed by atoms with Crippen LogP contribution in [0.3, 0.4) is 0 Å². The van der Waals surface area contributed by atoms with Gasteiger partial charge in [0.2, 0.25) is 11.8 Å². The number of nitrogens with zero attached hydrogens (tertiary/aromatic N) is 2. The number of benzene rings is 1. The zero-order valence-electron chi connectivity index (χ0n) is 19.5. The van der Waals surface area contributed by atoms with Crippen LogP contribution in [0.4, 0.5) is 0 Å². The second-order valence-corrected chi connectivity index (χ2v) is 10.8. The average Bonchev–Trinajstić information content (AvgIpc) is 3.42. The van der Waals surface area contributed by atoms with E-state index in [1.54, 1.807) is 22.7 Å². The molecule has 1 N–H and O–H groups in total. The van der Waals surface area contributed by atoms with E-state index < -0.39 is 28.6 Å². The van der Waals surface area contributed by atoms with Crippen molar-refractivity contribution in [2.24, 2.45) is 17.8 Å². The van der Waals surface area contributed by atoms with Gasteiger partial charge in [-0.15, -0.1) is 18.3 Å². The van der Waals surface area contributed by atoms with E-state index in [-0.39, 0.29) is 42.7 Å². The molecule has 3 heterocycles. The SMILES string of the molecule is C=CCOC(=O)[C@@H]1[C@@H]2CC(C)C3(S2)C(C(=O)N(CC=C)Cc2ccccc2)N(CCO)C(=O)[C@H]13. The van der Waals surface area contributed by atoms with Gasteiger partial charge in [0.15, 0.2) is 0 Å². The summed E-state index contributed by atoms with van der Waals surface area (Å²) in [5, 5.41) is 9.69. The number of amides is 2. The summed E-state index contributed by atoms with van der Waals surface area (Å²) in [4.78, 5) is 44.1. The van der Waals surface area contributed by atoms with Crippen LogP contribution in [0.15, 0.2) is 55.6 Å². The van der Waals surface area contributed by atoms with Crippen LogP contribution in [0, 0.1) is 17.8 Å². The number of rotatable bonds is 10. The minimum atomic E-state index is -0.761. The molecule has 6 atom stereocenters. The van der Waals surface area contributed by atoms with E-state index >= 15 is 0 Å². The van der Waals surface area contributed by atoms with E-state index in [0.29, 0.717) is 13.1 Å². The molecular weight excluding hydrogens is 452 g/mol. The lowest BCUT2D eigenvalue weighted by molar-refractivity contribution is -0.153. The highest BCUT2D eigenvalue weighted by atomic mass is 32.2. The highest BCUT2D eigenvalue weighted by Gasteiger charge is 2.76. The summed E-state index contributed by atoms with van der Waals surface area (Å²) in [6.07, 6.45) is 3.93. The van der Waals surface area contributed by atoms with Crippen molar-refractivity contribution in [2.45, 2.75) is 35.9 Å². The number of ether oxygens (including phenoxy) is 1. The molecule has 0 aromatic heterocycles. The van der Waals surface area contributed by atoms with Gasteiger partial charge >= 0.3 is 5.97 Å². The molecule has 0 aliphatic carbocycles. The highest BCUT2D eigenvalue weighted by Crippen LogP contribution is 2.68. The third-order valence-electron chi connectivity index (χ3n) is 7.31. The highest BCUT2D eigenvalue weighted by molar-refractivity contribution is 8.02. The minimum absolute atomic E-state index is 0.0487. The smallest absolute Gasteiger partial charge is 0.311 e. The first-order valence-electron chi connectivity index (χ1n) is 11.7. The van der Waals surface area contributed by atoms with Gasteiger partial charge in [0.1, 0.15) is 12.6 Å². The largest absolute Gasteiger partial charge is 0.461 e. The molecule has 1 aromatic carbocycles. The molecule has 3 unspecified atom stereocenters. The fourth-order valence-electron chi connectivity index (χ4n) is 6.02. The number of β-amino-alcohol motifs (C(OH)–C–C–N with tert-alkyl or cyclic N) is 1. The van der Waals surface area contributed by atoms with Crippen molar-refractivity contribution in [3.63, 3.8) is 0 Å². The minimum Gasteiger partial charge on any atom is -0.461 e. The molecule has 2 bridgehead atoms. The fourth-order valence-corrected chi connectivity index (χ4v) is 8.42. The first-order valence-corrected chi connectivity index (χ1v) is 12.6. The van der Waals surface area contributed by atoms with E-state index in [2.05, 4.69) is 20.1 Å². The summed E-state index contributed by atoms with van der Waals surface area (Å²) in [5.74, 6) is -2.02. The molecule has 0 radical (unpaired) electrons. The van der Waals surface area contributed by atoms with Crippen LogP contribution in [-0.4, -0.2) is 75.0 Å². The Hall–Kier alpha value is -2.58. The average molecular weight is 485 g/mol. The maximum Gasteiger partial charge on any atom is 0.311 e. The maximum atomic E-state index is 14.1. The number of aliphatic hydroxyl groups excluding tert-OH is 1. The first-order chi connectivity index (χ1) is 16.4. The van der Waals surface area contributed by atoms with Crippen molar-refractivity contribution in [3.05, 3.63) is 61.2 Å². The van der Waals surface area contributed by atoms with Gasteiger partial charge in [-0.05, 0) is 17.9 Å². The third kappa shape index (κ3) is 3.86. The van der Waals surface area contributed by atoms with Crippen molar-refractivity contribution in [1.29, 1.82) is 0 Å². The third-order valence-corrected chi connectivity index (χ3v) is 9.39. The molecule has 3 saturated heterocycles. The lowest BCUT2D eigenvalue weighted by atomic mass is 9.66. The standard InChI is InChI=1S/C26H32N2O5S/c1-4-11-27(16-18-9-7-6-8-10-18)24(31)22-26-17(3)15-19(34-26)20(25(32)33-14-5-2)21(26)23(30)28(22)12-13-29/h4-10,17,19-22,29H,1-2,11-16H2,3H3/t17?,19-,20+,21-,22?,26?/m0/s1. The Morgan fingerprint density at radius 1 is 1.29 bits per heavy atom. The normalized spacial score (nSPS) is 31.3. The summed E-state index contributed by atoms with van der Waals surface area (Å²) in [6, 6.07) is 8.93. The predicted molar refractivity (Wildman–Crippen MR) is 131 cm³/mol. The van der Waals surface area contributed by atoms with Gasteiger partial charge in [-0.2, -0.15) is 0 Å². The van der Waals surface area contributed by atoms with Crippen LogP contribution in [0.2, 0.25) is 0 Å². The molecule has 1 aromatic rings. The van der Waals surface area contributed by atoms with Crippen molar-refractivity contribution in [2.75, 3.05) is 26.3 Å². The fraction of sp³-hybridized carbons (Fsp3) is 0.500. The molecule has 3 aliphatic rings. The number of hydrogen-bond donors (Lipinski definition) is 1. The zero-order valence-corrected chi connectivity index (χ0v) is 20.3. The van der Waals surface area contributed by atoms with Crippen LogP contribution in [0.1, 0.15) is 18.9 Å². The number of likely N-dealkylation sites (tertiary alicyclic amines) is 1. The molecule has 1 spiro atoms. The monoisotopic (exact) mass is 484 g/mol. The number of hydrogen-bond acceptors (Lipinski definition) is 6. The molecule has 8 heteroatoms. The van der Waals surface area contributed by atoms with Gasteiger partial charge in [-0.1, -0.05) is 56.0 Å². The van der Waals surface area contributed by atoms with E-state index in [9.17, 15) is 19.5 Å². The van der Waals surface area contributed by atoms with E-state index in [1.807, 2.05) is 30.3 Å². The Morgan fingerprint density at radius 3 is 2.68 bits per heavy atom. The molecule has 0 saturated carbocycles. The van der Waals surface area contributed by atoms with Gasteiger partial charge in [-0.25, -0.2) is 0 Å². The molecular formula is C26H32N2O5S. The van der Waals surface area contributed by atoms with Gasteiger partial charge in [0, 0.05) is 24.9 Å². The van der Waals surface area contributed by atoms with Crippen LogP contribution < -0.4 is 0 Å². The van der Waals surface area contributed by atoms with Crippen molar-refractivity contribution < 1.29 is 24.2 Å². The Kier molecular flexibility index (Phi) is 7.19. The van der Waals surface area contributed by atoms with E-state index in [0.717, 1.165) is 12.0 Å². The second kappa shape index (κ2) is 9.96. The summed E-state index contributed by atoms with van der Waals surface area (Å²) in [7, 11) is 0. The molecule has 34 heavy (non-hydrogen) atoms. The maximum absolute atomic E-state index is 14.1. The topological polar surface area (TPSA) is 87.2 Å². The Balaban J connectivity index is 1.72. The van der Waals surface area contributed by atoms with Crippen molar-refractivity contribution in [3.8, 4) is 0 Å². The van der Waals surface area contributed by atoms with Gasteiger partial charge in [0.05, 0.1) is 23.2 Å². The number of aliphatic hydroxyl groups is 1. The van der Waals surface area contributed by atoms with Gasteiger partial charge in [0.25, 0.3) is 0 Å². The number of esters is 1. The first kappa shape index (κ1) is 24.5. The summed E-state index contributed by atoms with van der Waals surface area (Å²) in [5.41, 5.74) is 0.979. The van der Waals surface area contributed by atoms with Crippen molar-refractivity contribution in [1.82, 2.24) is 9.80 Å².